The Balaban J connectivity index is 2.99. The molecule has 0 amide bonds. The van der Waals surface area contributed by atoms with Crippen LogP contribution < -0.4 is 5.32 Å². The van der Waals surface area contributed by atoms with Crippen molar-refractivity contribution in [2.75, 3.05) is 7.11 Å². The number of hydrogen-bond donors (Lipinski definition) is 1. The monoisotopic (exact) mass is 325 g/mol. The van der Waals surface area contributed by atoms with E-state index in [4.69, 9.17) is 40.2 Å². The molecule has 0 unspecified atom stereocenters. The van der Waals surface area contributed by atoms with Crippen molar-refractivity contribution in [2.24, 2.45) is 17.8 Å². The van der Waals surface area contributed by atoms with E-state index in [0.717, 1.165) is 0 Å². The van der Waals surface area contributed by atoms with Gasteiger partial charge >= 0.3 is 5.97 Å². The van der Waals surface area contributed by atoms with Crippen molar-refractivity contribution >= 4 is 46.4 Å². The van der Waals surface area contributed by atoms with Crippen molar-refractivity contribution in [1.29, 1.82) is 0 Å². The van der Waals surface area contributed by atoms with Crippen LogP contribution in [0.4, 0.5) is 0 Å². The topological polar surface area (TPSA) is 38.3 Å². The molecule has 1 aliphatic rings. The molecule has 0 heterocycles. The number of carbonyl (C=O) groups excluding carboxylic acids is 1. The molecule has 3 atom stereocenters. The molecule has 1 aliphatic carbocycles. The first-order valence-corrected chi connectivity index (χ1v) is 7.43. The minimum Gasteiger partial charge on any atom is -0.469 e. The van der Waals surface area contributed by atoms with E-state index in [0.29, 0.717) is 11.4 Å². The summed E-state index contributed by atoms with van der Waals surface area (Å²) in [5.74, 6) is -1.01. The van der Waals surface area contributed by atoms with Crippen LogP contribution in [0.1, 0.15) is 34.1 Å². The third-order valence-electron chi connectivity index (χ3n) is 3.44. The van der Waals surface area contributed by atoms with E-state index in [1.807, 2.05) is 27.7 Å². The lowest BCUT2D eigenvalue weighted by Crippen LogP contribution is -2.46. The number of carbonyl (C=O) groups is 1. The first-order valence-electron chi connectivity index (χ1n) is 6.27. The Labute approximate surface area is 130 Å². The Morgan fingerprint density at radius 1 is 1.42 bits per heavy atom. The van der Waals surface area contributed by atoms with Gasteiger partial charge in [0, 0.05) is 11.5 Å². The second-order valence-corrected chi connectivity index (χ2v) is 8.13. The minimum absolute atomic E-state index is 0.109. The van der Waals surface area contributed by atoms with Gasteiger partial charge in [0.2, 0.25) is 0 Å². The largest absolute Gasteiger partial charge is 0.469 e. The summed E-state index contributed by atoms with van der Waals surface area (Å²) < 4.78 is 3.89. The van der Waals surface area contributed by atoms with Crippen molar-refractivity contribution in [3.8, 4) is 0 Å². The Morgan fingerprint density at radius 2 is 1.95 bits per heavy atom. The lowest BCUT2D eigenvalue weighted by atomic mass is 9.89. The van der Waals surface area contributed by atoms with Crippen LogP contribution in [-0.2, 0) is 9.53 Å². The van der Waals surface area contributed by atoms with Crippen LogP contribution in [0.25, 0.3) is 0 Å². The van der Waals surface area contributed by atoms with E-state index >= 15 is 0 Å². The molecule has 0 aliphatic heterocycles. The predicted molar refractivity (Wildman–Crippen MR) is 82.7 cm³/mol. The number of ether oxygens (including phenoxy) is 1. The molecule has 0 spiro atoms. The SMILES string of the molecule is COC(=O)[C@@H]1CC(Cl)(Cl)[C@H](C)[C@H]1C(=S)NC(C)(C)C. The van der Waals surface area contributed by atoms with E-state index < -0.39 is 10.3 Å². The highest BCUT2D eigenvalue weighted by molar-refractivity contribution is 7.80. The predicted octanol–water partition coefficient (Wildman–Crippen LogP) is 3.32. The maximum absolute atomic E-state index is 11.9. The average Bonchev–Trinajstić information content (AvgIpc) is 2.47. The van der Waals surface area contributed by atoms with E-state index in [9.17, 15) is 4.79 Å². The molecule has 1 fully saturated rings. The van der Waals surface area contributed by atoms with Gasteiger partial charge in [0.15, 0.2) is 0 Å². The molecule has 1 rings (SSSR count). The van der Waals surface area contributed by atoms with Gasteiger partial charge in [0.05, 0.1) is 18.0 Å². The van der Waals surface area contributed by atoms with Gasteiger partial charge in [-0.3, -0.25) is 4.79 Å². The highest BCUT2D eigenvalue weighted by Gasteiger charge is 2.54. The summed E-state index contributed by atoms with van der Waals surface area (Å²) in [4.78, 5) is 12.5. The first kappa shape index (κ1) is 17.0. The molecule has 0 aromatic rings. The highest BCUT2D eigenvalue weighted by atomic mass is 35.5. The van der Waals surface area contributed by atoms with Gasteiger partial charge in [-0.2, -0.15) is 0 Å². The van der Waals surface area contributed by atoms with Gasteiger partial charge in [-0.05, 0) is 33.1 Å². The molecule has 0 aromatic heterocycles. The lowest BCUT2D eigenvalue weighted by molar-refractivity contribution is -0.146. The van der Waals surface area contributed by atoms with Crippen molar-refractivity contribution in [2.45, 2.75) is 44.0 Å². The second kappa shape index (κ2) is 5.74. The zero-order valence-corrected chi connectivity index (χ0v) is 14.2. The van der Waals surface area contributed by atoms with Crippen LogP contribution in [-0.4, -0.2) is 27.9 Å². The lowest BCUT2D eigenvalue weighted by Gasteiger charge is -2.30. The summed E-state index contributed by atoms with van der Waals surface area (Å²) in [7, 11) is 1.37. The molecule has 110 valence electrons. The molecule has 3 nitrogen and oxygen atoms in total. The molecule has 1 N–H and O–H groups in total. The molecule has 0 bridgehead atoms. The normalized spacial score (nSPS) is 29.9. The standard InChI is InChI=1S/C13H21Cl2NO2S/c1-7-9(10(19)16-12(2,3)4)8(11(17)18-5)6-13(7,14)15/h7-9H,6H2,1-5H3,(H,16,19)/t7-,8-,9-/m1/s1. The van der Waals surface area contributed by atoms with Crippen LogP contribution in [0.2, 0.25) is 0 Å². The van der Waals surface area contributed by atoms with Crippen LogP contribution in [0, 0.1) is 17.8 Å². The van der Waals surface area contributed by atoms with Gasteiger partial charge < -0.3 is 10.1 Å². The fourth-order valence-electron chi connectivity index (χ4n) is 2.46. The summed E-state index contributed by atoms with van der Waals surface area (Å²) in [6.07, 6.45) is 0.362. The summed E-state index contributed by atoms with van der Waals surface area (Å²) in [6.45, 7) is 7.96. The van der Waals surface area contributed by atoms with Crippen molar-refractivity contribution in [1.82, 2.24) is 5.32 Å². The molecule has 6 heteroatoms. The highest BCUT2D eigenvalue weighted by Crippen LogP contribution is 2.51. The number of halogens is 2. The Kier molecular flexibility index (Phi) is 5.14. The summed E-state index contributed by atoms with van der Waals surface area (Å²) >= 11 is 18.0. The quantitative estimate of drug-likeness (QED) is 0.480. The molecule has 1 saturated carbocycles. The molecule has 0 saturated heterocycles. The molecular formula is C13H21Cl2NO2S. The van der Waals surface area contributed by atoms with Gasteiger partial charge in [0.1, 0.15) is 4.33 Å². The number of rotatable bonds is 2. The first-order chi connectivity index (χ1) is 8.49. The van der Waals surface area contributed by atoms with Crippen LogP contribution in [0.5, 0.6) is 0 Å². The molecule has 0 radical (unpaired) electrons. The van der Waals surface area contributed by atoms with Crippen molar-refractivity contribution in [3.63, 3.8) is 0 Å². The molecule has 19 heavy (non-hydrogen) atoms. The number of thiocarbonyl (C=S) groups is 1. The fourth-order valence-corrected chi connectivity index (χ4v) is 3.74. The Morgan fingerprint density at radius 3 is 2.37 bits per heavy atom. The molecule has 0 aromatic carbocycles. The zero-order valence-electron chi connectivity index (χ0n) is 11.9. The van der Waals surface area contributed by atoms with Gasteiger partial charge in [-0.1, -0.05) is 19.1 Å². The van der Waals surface area contributed by atoms with E-state index in [2.05, 4.69) is 5.32 Å². The number of alkyl halides is 2. The maximum Gasteiger partial charge on any atom is 0.309 e. The minimum atomic E-state index is -0.951. The number of methoxy groups -OCH3 is 1. The zero-order chi connectivity index (χ0) is 15.0. The van der Waals surface area contributed by atoms with Gasteiger partial charge in [0.25, 0.3) is 0 Å². The van der Waals surface area contributed by atoms with E-state index in [-0.39, 0.29) is 23.3 Å². The van der Waals surface area contributed by atoms with E-state index in [1.165, 1.54) is 7.11 Å². The molecular weight excluding hydrogens is 305 g/mol. The van der Waals surface area contributed by atoms with Crippen molar-refractivity contribution in [3.05, 3.63) is 0 Å². The third kappa shape index (κ3) is 3.96. The summed E-state index contributed by atoms with van der Waals surface area (Å²) in [5, 5.41) is 3.24. The number of nitrogens with one attached hydrogen (secondary N) is 1. The average molecular weight is 326 g/mol. The van der Waals surface area contributed by atoms with Crippen molar-refractivity contribution < 1.29 is 9.53 Å². The number of esters is 1. The fraction of sp³-hybridized carbons (Fsp3) is 0.846. The van der Waals surface area contributed by atoms with Crippen LogP contribution in [0.15, 0.2) is 0 Å². The number of hydrogen-bond acceptors (Lipinski definition) is 3. The maximum atomic E-state index is 11.9. The van der Waals surface area contributed by atoms with Gasteiger partial charge in [-0.25, -0.2) is 0 Å². The summed E-state index contributed by atoms with van der Waals surface area (Å²) in [6, 6.07) is 0. The second-order valence-electron chi connectivity index (χ2n) is 6.15. The smallest absolute Gasteiger partial charge is 0.309 e. The van der Waals surface area contributed by atoms with Gasteiger partial charge in [-0.15, -0.1) is 23.2 Å². The Hall–Kier alpha value is -0.0600. The van der Waals surface area contributed by atoms with Crippen LogP contribution in [0.3, 0.4) is 0 Å². The van der Waals surface area contributed by atoms with E-state index in [1.54, 1.807) is 0 Å². The Bertz CT molecular complexity index is 379. The third-order valence-corrected chi connectivity index (χ3v) is 4.81. The summed E-state index contributed by atoms with van der Waals surface area (Å²) in [5.41, 5.74) is -0.165. The van der Waals surface area contributed by atoms with Crippen LogP contribution >= 0.6 is 35.4 Å².